The molecule has 0 aliphatic carbocycles. The molecule has 1 fully saturated rings. The predicted octanol–water partition coefficient (Wildman–Crippen LogP) is 1.04. The Morgan fingerprint density at radius 3 is 2.75 bits per heavy atom. The molecule has 1 aliphatic rings. The first kappa shape index (κ1) is 15.1. The van der Waals surface area contributed by atoms with Crippen LogP contribution in [0.5, 0.6) is 0 Å². The zero-order valence-corrected chi connectivity index (χ0v) is 12.8. The molecule has 1 atom stereocenters. The largest absolute Gasteiger partial charge is 0.373 e. The van der Waals surface area contributed by atoms with Crippen LogP contribution in [0.2, 0.25) is 5.02 Å². The van der Waals surface area contributed by atoms with Gasteiger partial charge < -0.3 is 10.2 Å². The third-order valence-electron chi connectivity index (χ3n) is 3.38. The maximum absolute atomic E-state index is 12.4. The fourth-order valence-corrected chi connectivity index (χ4v) is 4.11. The monoisotopic (exact) mass is 317 g/mol. The van der Waals surface area contributed by atoms with Gasteiger partial charge in [0, 0.05) is 20.1 Å². The van der Waals surface area contributed by atoms with Gasteiger partial charge in [-0.2, -0.15) is 0 Å². The van der Waals surface area contributed by atoms with Crippen LogP contribution in [-0.2, 0) is 9.84 Å². The molecule has 2 heterocycles. The van der Waals surface area contributed by atoms with Crippen LogP contribution in [0.3, 0.4) is 0 Å². The number of carbonyl (C=O) groups is 1. The van der Waals surface area contributed by atoms with Crippen molar-refractivity contribution in [1.82, 2.24) is 9.88 Å². The van der Waals surface area contributed by atoms with E-state index in [0.29, 0.717) is 12.2 Å². The number of carbonyl (C=O) groups excluding carboxylic acids is 1. The van der Waals surface area contributed by atoms with E-state index in [1.165, 1.54) is 4.90 Å². The normalized spacial score (nSPS) is 20.6. The van der Waals surface area contributed by atoms with Crippen LogP contribution < -0.4 is 5.32 Å². The number of pyridine rings is 1. The lowest BCUT2D eigenvalue weighted by atomic mass is 10.2. The van der Waals surface area contributed by atoms with Gasteiger partial charge in [-0.25, -0.2) is 13.4 Å². The van der Waals surface area contributed by atoms with Gasteiger partial charge in [0.15, 0.2) is 9.84 Å². The van der Waals surface area contributed by atoms with Gasteiger partial charge in [-0.15, -0.1) is 0 Å². The average molecular weight is 318 g/mol. The molecule has 6 nitrogen and oxygen atoms in total. The van der Waals surface area contributed by atoms with Gasteiger partial charge in [-0.3, -0.25) is 4.79 Å². The summed E-state index contributed by atoms with van der Waals surface area (Å²) >= 11 is 6.00. The summed E-state index contributed by atoms with van der Waals surface area (Å²) in [6.45, 7) is 0. The van der Waals surface area contributed by atoms with E-state index in [4.69, 9.17) is 11.6 Å². The molecular formula is C12H16ClN3O3S. The highest BCUT2D eigenvalue weighted by atomic mass is 35.5. The highest BCUT2D eigenvalue weighted by molar-refractivity contribution is 7.91. The van der Waals surface area contributed by atoms with Crippen LogP contribution >= 0.6 is 11.6 Å². The molecule has 1 aromatic heterocycles. The van der Waals surface area contributed by atoms with Gasteiger partial charge in [0.2, 0.25) is 0 Å². The van der Waals surface area contributed by atoms with Gasteiger partial charge >= 0.3 is 0 Å². The standard InChI is InChI=1S/C12H16ClN3O3S/c1-14-10-4-3-9(13)11(15-10)12(17)16(2)8-5-6-20(18,19)7-8/h3-4,8H,5-7H2,1-2H3,(H,14,15). The molecule has 110 valence electrons. The first-order chi connectivity index (χ1) is 9.34. The lowest BCUT2D eigenvalue weighted by molar-refractivity contribution is 0.0742. The van der Waals surface area contributed by atoms with Gasteiger partial charge in [-0.05, 0) is 18.6 Å². The number of anilines is 1. The van der Waals surface area contributed by atoms with Crippen molar-refractivity contribution in [2.75, 3.05) is 30.9 Å². The summed E-state index contributed by atoms with van der Waals surface area (Å²) in [5, 5.41) is 3.09. The predicted molar refractivity (Wildman–Crippen MR) is 77.9 cm³/mol. The van der Waals surface area contributed by atoms with Crippen molar-refractivity contribution < 1.29 is 13.2 Å². The second-order valence-electron chi connectivity index (χ2n) is 4.75. The van der Waals surface area contributed by atoms with E-state index in [9.17, 15) is 13.2 Å². The van der Waals surface area contributed by atoms with Crippen molar-refractivity contribution >= 4 is 33.2 Å². The van der Waals surface area contributed by atoms with Gasteiger partial charge in [-0.1, -0.05) is 11.6 Å². The summed E-state index contributed by atoms with van der Waals surface area (Å²) < 4.78 is 23.0. The molecule has 1 aromatic rings. The minimum absolute atomic E-state index is 0.00141. The summed E-state index contributed by atoms with van der Waals surface area (Å²) in [5.74, 6) is 0.283. The van der Waals surface area contributed by atoms with Gasteiger partial charge in [0.05, 0.1) is 16.5 Å². The Kier molecular flexibility index (Phi) is 4.19. The zero-order valence-electron chi connectivity index (χ0n) is 11.3. The molecule has 1 N–H and O–H groups in total. The summed E-state index contributed by atoms with van der Waals surface area (Å²) in [4.78, 5) is 17.9. The van der Waals surface area contributed by atoms with E-state index in [1.807, 2.05) is 0 Å². The van der Waals surface area contributed by atoms with Crippen molar-refractivity contribution in [2.45, 2.75) is 12.5 Å². The second-order valence-corrected chi connectivity index (χ2v) is 7.39. The van der Waals surface area contributed by atoms with E-state index in [-0.39, 0.29) is 34.2 Å². The Morgan fingerprint density at radius 2 is 2.20 bits per heavy atom. The third kappa shape index (κ3) is 3.04. The first-order valence-corrected chi connectivity index (χ1v) is 8.36. The van der Waals surface area contributed by atoms with Crippen molar-refractivity contribution in [2.24, 2.45) is 0 Å². The van der Waals surface area contributed by atoms with Crippen LogP contribution in [-0.4, -0.2) is 55.9 Å². The minimum Gasteiger partial charge on any atom is -0.373 e. The summed E-state index contributed by atoms with van der Waals surface area (Å²) in [6.07, 6.45) is 0.452. The SMILES string of the molecule is CNc1ccc(Cl)c(C(=O)N(C)C2CCS(=O)(=O)C2)n1. The smallest absolute Gasteiger partial charge is 0.274 e. The number of halogens is 1. The second kappa shape index (κ2) is 5.57. The van der Waals surface area contributed by atoms with E-state index in [2.05, 4.69) is 10.3 Å². The summed E-state index contributed by atoms with van der Waals surface area (Å²) in [6, 6.07) is 2.94. The number of nitrogens with zero attached hydrogens (tertiary/aromatic N) is 2. The Morgan fingerprint density at radius 1 is 1.50 bits per heavy atom. The van der Waals surface area contributed by atoms with Crippen LogP contribution in [0.15, 0.2) is 12.1 Å². The molecule has 8 heteroatoms. The summed E-state index contributed by atoms with van der Waals surface area (Å²) in [7, 11) is 0.235. The van der Waals surface area contributed by atoms with Gasteiger partial charge in [0.1, 0.15) is 11.5 Å². The first-order valence-electron chi connectivity index (χ1n) is 6.16. The van der Waals surface area contributed by atoms with Crippen molar-refractivity contribution in [1.29, 1.82) is 0 Å². The maximum Gasteiger partial charge on any atom is 0.274 e. The van der Waals surface area contributed by atoms with Crippen LogP contribution in [0.25, 0.3) is 0 Å². The Balaban J connectivity index is 2.23. The zero-order chi connectivity index (χ0) is 14.9. The molecular weight excluding hydrogens is 302 g/mol. The van der Waals surface area contributed by atoms with Crippen LogP contribution in [0, 0.1) is 0 Å². The number of amides is 1. The number of aromatic nitrogens is 1. The molecule has 0 saturated carbocycles. The molecule has 2 rings (SSSR count). The third-order valence-corrected chi connectivity index (χ3v) is 5.44. The van der Waals surface area contributed by atoms with Crippen molar-refractivity contribution in [3.05, 3.63) is 22.8 Å². The van der Waals surface area contributed by atoms with Crippen LogP contribution in [0.1, 0.15) is 16.9 Å². The molecule has 0 aromatic carbocycles. The number of rotatable bonds is 3. The fourth-order valence-electron chi connectivity index (χ4n) is 2.15. The molecule has 0 bridgehead atoms. The molecule has 1 saturated heterocycles. The number of hydrogen-bond acceptors (Lipinski definition) is 5. The average Bonchev–Trinajstić information content (AvgIpc) is 2.78. The molecule has 1 amide bonds. The molecule has 1 unspecified atom stereocenters. The minimum atomic E-state index is -3.04. The Hall–Kier alpha value is -1.34. The fraction of sp³-hybridized carbons (Fsp3) is 0.500. The van der Waals surface area contributed by atoms with Crippen molar-refractivity contribution in [3.63, 3.8) is 0 Å². The summed E-state index contributed by atoms with van der Waals surface area (Å²) in [5.41, 5.74) is 0.130. The van der Waals surface area contributed by atoms with Gasteiger partial charge in [0.25, 0.3) is 5.91 Å². The lowest BCUT2D eigenvalue weighted by Crippen LogP contribution is -2.38. The van der Waals surface area contributed by atoms with E-state index < -0.39 is 9.84 Å². The van der Waals surface area contributed by atoms with Crippen LogP contribution in [0.4, 0.5) is 5.82 Å². The number of nitrogens with one attached hydrogen (secondary N) is 1. The quantitative estimate of drug-likeness (QED) is 0.901. The lowest BCUT2D eigenvalue weighted by Gasteiger charge is -2.23. The van der Waals surface area contributed by atoms with E-state index in [0.717, 1.165) is 0 Å². The topological polar surface area (TPSA) is 79.4 Å². The molecule has 0 spiro atoms. The Bertz CT molecular complexity index is 633. The Labute approximate surface area is 123 Å². The van der Waals surface area contributed by atoms with E-state index in [1.54, 1.807) is 26.2 Å². The number of sulfone groups is 1. The van der Waals surface area contributed by atoms with Crippen molar-refractivity contribution in [3.8, 4) is 0 Å². The highest BCUT2D eigenvalue weighted by Gasteiger charge is 2.34. The molecule has 20 heavy (non-hydrogen) atoms. The molecule has 0 radical (unpaired) electrons. The molecule has 1 aliphatic heterocycles. The maximum atomic E-state index is 12.4. The highest BCUT2D eigenvalue weighted by Crippen LogP contribution is 2.22. The van der Waals surface area contributed by atoms with E-state index >= 15 is 0 Å². The number of hydrogen-bond donors (Lipinski definition) is 1.